The number of nitrogens with two attached hydrogens (primary N) is 2. The van der Waals surface area contributed by atoms with E-state index in [1.807, 2.05) is 0 Å². The standard InChI is InChI=1S/C17H36N2/c1-2-3-4-5-6-7-8-9-11-14-17(19)15-12-10-13-16(17)18/h16H,2-15,18-19H2,1H3. The molecule has 0 radical (unpaired) electrons. The van der Waals surface area contributed by atoms with Gasteiger partial charge in [-0.2, -0.15) is 0 Å². The summed E-state index contributed by atoms with van der Waals surface area (Å²) in [5.74, 6) is 0. The average Bonchev–Trinajstić information content (AvgIpc) is 2.41. The molecule has 2 heteroatoms. The van der Waals surface area contributed by atoms with Crippen molar-refractivity contribution in [2.24, 2.45) is 11.5 Å². The van der Waals surface area contributed by atoms with Gasteiger partial charge in [0.25, 0.3) is 0 Å². The zero-order valence-corrected chi connectivity index (χ0v) is 13.1. The molecule has 114 valence electrons. The summed E-state index contributed by atoms with van der Waals surface area (Å²) in [5.41, 5.74) is 12.6. The van der Waals surface area contributed by atoms with Crippen LogP contribution in [0.25, 0.3) is 0 Å². The quantitative estimate of drug-likeness (QED) is 0.573. The van der Waals surface area contributed by atoms with E-state index in [4.69, 9.17) is 11.5 Å². The summed E-state index contributed by atoms with van der Waals surface area (Å²) < 4.78 is 0. The molecule has 4 N–H and O–H groups in total. The molecule has 0 aliphatic heterocycles. The van der Waals surface area contributed by atoms with Gasteiger partial charge < -0.3 is 11.5 Å². The lowest BCUT2D eigenvalue weighted by Crippen LogP contribution is -2.56. The van der Waals surface area contributed by atoms with Crippen molar-refractivity contribution in [2.75, 3.05) is 0 Å². The van der Waals surface area contributed by atoms with Crippen LogP contribution in [0.4, 0.5) is 0 Å². The van der Waals surface area contributed by atoms with E-state index in [0.717, 1.165) is 19.3 Å². The first-order valence-corrected chi connectivity index (χ1v) is 8.73. The topological polar surface area (TPSA) is 52.0 Å². The number of hydrogen-bond acceptors (Lipinski definition) is 2. The lowest BCUT2D eigenvalue weighted by molar-refractivity contribution is 0.231. The Balaban J connectivity index is 1.95. The van der Waals surface area contributed by atoms with Crippen molar-refractivity contribution < 1.29 is 0 Å². The molecule has 1 fully saturated rings. The fourth-order valence-electron chi connectivity index (χ4n) is 3.37. The lowest BCUT2D eigenvalue weighted by Gasteiger charge is -2.39. The summed E-state index contributed by atoms with van der Waals surface area (Å²) in [6.45, 7) is 2.28. The van der Waals surface area contributed by atoms with Crippen LogP contribution < -0.4 is 11.5 Å². The van der Waals surface area contributed by atoms with Gasteiger partial charge in [0.15, 0.2) is 0 Å². The summed E-state index contributed by atoms with van der Waals surface area (Å²) in [5, 5.41) is 0. The van der Waals surface area contributed by atoms with E-state index in [2.05, 4.69) is 6.92 Å². The molecule has 2 atom stereocenters. The van der Waals surface area contributed by atoms with Crippen LogP contribution in [0.3, 0.4) is 0 Å². The summed E-state index contributed by atoms with van der Waals surface area (Å²) >= 11 is 0. The molecule has 0 aromatic heterocycles. The van der Waals surface area contributed by atoms with E-state index in [-0.39, 0.29) is 11.6 Å². The van der Waals surface area contributed by atoms with Gasteiger partial charge in [-0.15, -0.1) is 0 Å². The van der Waals surface area contributed by atoms with Crippen molar-refractivity contribution >= 4 is 0 Å². The Hall–Kier alpha value is -0.0800. The summed E-state index contributed by atoms with van der Waals surface area (Å²) in [7, 11) is 0. The average molecular weight is 268 g/mol. The maximum Gasteiger partial charge on any atom is 0.0307 e. The molecule has 0 amide bonds. The molecule has 0 saturated heterocycles. The van der Waals surface area contributed by atoms with Gasteiger partial charge in [-0.05, 0) is 19.3 Å². The molecule has 0 aromatic carbocycles. The summed E-state index contributed by atoms with van der Waals surface area (Å²) in [6, 6.07) is 0.246. The molecule has 2 unspecified atom stereocenters. The first kappa shape index (κ1) is 17.0. The normalized spacial score (nSPS) is 27.6. The molecule has 1 saturated carbocycles. The highest BCUT2D eigenvalue weighted by atomic mass is 14.9. The maximum atomic E-state index is 6.47. The van der Waals surface area contributed by atoms with Crippen molar-refractivity contribution in [3.05, 3.63) is 0 Å². The SMILES string of the molecule is CCCCCCCCCCCC1(N)CCCCC1N. The molecular weight excluding hydrogens is 232 g/mol. The second-order valence-corrected chi connectivity index (χ2v) is 6.66. The minimum absolute atomic E-state index is 0.0423. The van der Waals surface area contributed by atoms with Gasteiger partial charge in [0.1, 0.15) is 0 Å². The van der Waals surface area contributed by atoms with Crippen molar-refractivity contribution in [1.82, 2.24) is 0 Å². The Kier molecular flexibility index (Phi) is 8.72. The minimum Gasteiger partial charge on any atom is -0.326 e. The highest BCUT2D eigenvalue weighted by Crippen LogP contribution is 2.29. The van der Waals surface area contributed by atoms with E-state index in [1.54, 1.807) is 0 Å². The molecule has 1 aliphatic carbocycles. The number of unbranched alkanes of at least 4 members (excludes halogenated alkanes) is 8. The summed E-state index contributed by atoms with van der Waals surface area (Å²) in [6.07, 6.45) is 18.4. The molecular formula is C17H36N2. The summed E-state index contributed by atoms with van der Waals surface area (Å²) in [4.78, 5) is 0. The van der Waals surface area contributed by atoms with Crippen LogP contribution >= 0.6 is 0 Å². The third-order valence-corrected chi connectivity index (χ3v) is 4.89. The van der Waals surface area contributed by atoms with Gasteiger partial charge in [0, 0.05) is 11.6 Å². The van der Waals surface area contributed by atoms with E-state index in [0.29, 0.717) is 0 Å². The predicted molar refractivity (Wildman–Crippen MR) is 85.2 cm³/mol. The van der Waals surface area contributed by atoms with Crippen LogP contribution in [0.5, 0.6) is 0 Å². The molecule has 19 heavy (non-hydrogen) atoms. The Morgan fingerprint density at radius 3 is 2.05 bits per heavy atom. The van der Waals surface area contributed by atoms with Gasteiger partial charge in [-0.3, -0.25) is 0 Å². The highest BCUT2D eigenvalue weighted by molar-refractivity contribution is 4.96. The Labute approximate surface area is 120 Å². The van der Waals surface area contributed by atoms with Gasteiger partial charge in [-0.1, -0.05) is 77.6 Å². The lowest BCUT2D eigenvalue weighted by atomic mass is 9.75. The smallest absolute Gasteiger partial charge is 0.0307 e. The van der Waals surface area contributed by atoms with E-state index in [1.165, 1.54) is 70.6 Å². The monoisotopic (exact) mass is 268 g/mol. The van der Waals surface area contributed by atoms with Crippen molar-refractivity contribution in [1.29, 1.82) is 0 Å². The molecule has 0 heterocycles. The Morgan fingerprint density at radius 2 is 1.47 bits per heavy atom. The third-order valence-electron chi connectivity index (χ3n) is 4.89. The van der Waals surface area contributed by atoms with Crippen LogP contribution in [0.1, 0.15) is 96.8 Å². The highest BCUT2D eigenvalue weighted by Gasteiger charge is 2.33. The van der Waals surface area contributed by atoms with Crippen molar-refractivity contribution in [3.63, 3.8) is 0 Å². The van der Waals surface area contributed by atoms with Gasteiger partial charge >= 0.3 is 0 Å². The predicted octanol–water partition coefficient (Wildman–Crippen LogP) is 4.51. The fourth-order valence-corrected chi connectivity index (χ4v) is 3.37. The zero-order chi connectivity index (χ0) is 14.0. The van der Waals surface area contributed by atoms with Crippen molar-refractivity contribution in [2.45, 2.75) is 108 Å². The molecule has 2 nitrogen and oxygen atoms in total. The van der Waals surface area contributed by atoms with Crippen LogP contribution in [-0.4, -0.2) is 11.6 Å². The zero-order valence-electron chi connectivity index (χ0n) is 13.1. The van der Waals surface area contributed by atoms with Gasteiger partial charge in [-0.25, -0.2) is 0 Å². The first-order valence-electron chi connectivity index (χ1n) is 8.73. The Morgan fingerprint density at radius 1 is 0.895 bits per heavy atom. The molecule has 1 rings (SSSR count). The van der Waals surface area contributed by atoms with Gasteiger partial charge in [0.05, 0.1) is 0 Å². The second-order valence-electron chi connectivity index (χ2n) is 6.66. The number of rotatable bonds is 10. The van der Waals surface area contributed by atoms with E-state index < -0.39 is 0 Å². The van der Waals surface area contributed by atoms with Gasteiger partial charge in [0.2, 0.25) is 0 Å². The van der Waals surface area contributed by atoms with E-state index in [9.17, 15) is 0 Å². The first-order chi connectivity index (χ1) is 9.19. The number of hydrogen-bond donors (Lipinski definition) is 2. The second kappa shape index (κ2) is 9.77. The van der Waals surface area contributed by atoms with Crippen LogP contribution in [-0.2, 0) is 0 Å². The molecule has 1 aliphatic rings. The van der Waals surface area contributed by atoms with Crippen LogP contribution in [0.15, 0.2) is 0 Å². The molecule has 0 aromatic rings. The Bertz CT molecular complexity index is 217. The molecule has 0 bridgehead atoms. The maximum absolute atomic E-state index is 6.47. The minimum atomic E-state index is -0.0423. The molecule has 0 spiro atoms. The van der Waals surface area contributed by atoms with Crippen LogP contribution in [0.2, 0.25) is 0 Å². The van der Waals surface area contributed by atoms with E-state index >= 15 is 0 Å². The van der Waals surface area contributed by atoms with Crippen LogP contribution in [0, 0.1) is 0 Å². The van der Waals surface area contributed by atoms with Crippen molar-refractivity contribution in [3.8, 4) is 0 Å². The fraction of sp³-hybridized carbons (Fsp3) is 1.00. The largest absolute Gasteiger partial charge is 0.326 e. The third kappa shape index (κ3) is 6.76.